The molecule has 6 heteroatoms. The molecular weight excluding hydrogens is 244 g/mol. The maximum Gasteiger partial charge on any atom is 0.322 e. The molecule has 6 nitrogen and oxygen atoms in total. The molecule has 0 bridgehead atoms. The van der Waals surface area contributed by atoms with Crippen LogP contribution < -0.4 is 10.6 Å². The van der Waals surface area contributed by atoms with Crippen molar-refractivity contribution in [2.45, 2.75) is 44.9 Å². The first-order valence-electron chi connectivity index (χ1n) is 7.09. The largest absolute Gasteiger partial charge is 0.408 e. The van der Waals surface area contributed by atoms with Gasteiger partial charge in [0.2, 0.25) is 11.8 Å². The lowest BCUT2D eigenvalue weighted by molar-refractivity contribution is -0.127. The van der Waals surface area contributed by atoms with E-state index in [2.05, 4.69) is 27.8 Å². The van der Waals surface area contributed by atoms with Crippen LogP contribution in [-0.4, -0.2) is 29.2 Å². The molecule has 1 saturated carbocycles. The average Bonchev–Trinajstić information content (AvgIpc) is 3.20. The second-order valence-electron chi connectivity index (χ2n) is 5.56. The van der Waals surface area contributed by atoms with Crippen molar-refractivity contribution in [1.82, 2.24) is 15.5 Å². The number of anilines is 1. The van der Waals surface area contributed by atoms with E-state index in [1.165, 1.54) is 0 Å². The zero-order chi connectivity index (χ0) is 13.3. The van der Waals surface area contributed by atoms with Crippen LogP contribution in [0.25, 0.3) is 0 Å². The molecule has 0 radical (unpaired) electrons. The van der Waals surface area contributed by atoms with Gasteiger partial charge in [-0.05, 0) is 45.2 Å². The molecule has 1 saturated heterocycles. The first-order valence-corrected chi connectivity index (χ1v) is 7.09. The summed E-state index contributed by atoms with van der Waals surface area (Å²) in [5.74, 6) is 1.09. The Morgan fingerprint density at radius 1 is 1.42 bits per heavy atom. The molecule has 1 aliphatic heterocycles. The van der Waals surface area contributed by atoms with E-state index in [0.29, 0.717) is 11.8 Å². The summed E-state index contributed by atoms with van der Waals surface area (Å²) in [6.45, 7) is 3.84. The molecule has 1 aromatic heterocycles. The highest BCUT2D eigenvalue weighted by Gasteiger charge is 2.38. The van der Waals surface area contributed by atoms with Crippen molar-refractivity contribution in [3.63, 3.8) is 0 Å². The second-order valence-corrected chi connectivity index (χ2v) is 5.56. The molecule has 1 aliphatic carbocycles. The molecule has 2 heterocycles. The lowest BCUT2D eigenvalue weighted by Crippen LogP contribution is -2.44. The van der Waals surface area contributed by atoms with Gasteiger partial charge < -0.3 is 9.73 Å². The van der Waals surface area contributed by atoms with Crippen LogP contribution in [0.1, 0.15) is 50.8 Å². The number of hydrogen-bond donors (Lipinski definition) is 2. The van der Waals surface area contributed by atoms with Crippen LogP contribution in [0.2, 0.25) is 0 Å². The molecule has 0 aromatic carbocycles. The summed E-state index contributed by atoms with van der Waals surface area (Å²) < 4.78 is 5.49. The number of aromatic nitrogens is 2. The van der Waals surface area contributed by atoms with Gasteiger partial charge in [0.05, 0.1) is 5.41 Å². The van der Waals surface area contributed by atoms with E-state index in [9.17, 15) is 4.79 Å². The maximum atomic E-state index is 12.4. The number of nitrogens with one attached hydrogen (secondary N) is 2. The van der Waals surface area contributed by atoms with E-state index in [-0.39, 0.29) is 17.3 Å². The number of carbonyl (C=O) groups excluding carboxylic acids is 1. The summed E-state index contributed by atoms with van der Waals surface area (Å²) in [6.07, 6.45) is 4.78. The summed E-state index contributed by atoms with van der Waals surface area (Å²) in [4.78, 5) is 12.4. The number of hydrogen-bond acceptors (Lipinski definition) is 5. The van der Waals surface area contributed by atoms with Crippen molar-refractivity contribution in [3.05, 3.63) is 5.89 Å². The highest BCUT2D eigenvalue weighted by atomic mass is 16.4. The van der Waals surface area contributed by atoms with Gasteiger partial charge in [0.15, 0.2) is 0 Å². The third-order valence-electron chi connectivity index (χ3n) is 4.31. The lowest BCUT2D eigenvalue weighted by atomic mass is 9.76. The lowest BCUT2D eigenvalue weighted by Gasteiger charge is -2.34. The fourth-order valence-electron chi connectivity index (χ4n) is 2.66. The number of piperidine rings is 1. The van der Waals surface area contributed by atoms with E-state index in [1.54, 1.807) is 0 Å². The van der Waals surface area contributed by atoms with Gasteiger partial charge in [0.25, 0.3) is 0 Å². The molecule has 19 heavy (non-hydrogen) atoms. The maximum absolute atomic E-state index is 12.4. The Hall–Kier alpha value is -1.43. The van der Waals surface area contributed by atoms with E-state index in [0.717, 1.165) is 45.2 Å². The molecule has 3 rings (SSSR count). The monoisotopic (exact) mass is 264 g/mol. The minimum Gasteiger partial charge on any atom is -0.408 e. The summed E-state index contributed by atoms with van der Waals surface area (Å²) in [7, 11) is 0. The van der Waals surface area contributed by atoms with Gasteiger partial charge in [-0.3, -0.25) is 10.1 Å². The van der Waals surface area contributed by atoms with Gasteiger partial charge in [0.1, 0.15) is 0 Å². The molecule has 104 valence electrons. The average molecular weight is 264 g/mol. The van der Waals surface area contributed by atoms with Gasteiger partial charge in [-0.2, -0.15) is 0 Å². The van der Waals surface area contributed by atoms with Crippen LogP contribution >= 0.6 is 0 Å². The molecule has 2 fully saturated rings. The Morgan fingerprint density at radius 2 is 2.16 bits per heavy atom. The summed E-state index contributed by atoms with van der Waals surface area (Å²) in [5, 5.41) is 14.0. The van der Waals surface area contributed by atoms with E-state index in [4.69, 9.17) is 4.42 Å². The highest BCUT2D eigenvalue weighted by Crippen LogP contribution is 2.40. The molecule has 1 aromatic rings. The summed E-state index contributed by atoms with van der Waals surface area (Å²) in [5.41, 5.74) is -0.292. The van der Waals surface area contributed by atoms with Crippen molar-refractivity contribution in [2.75, 3.05) is 18.4 Å². The van der Waals surface area contributed by atoms with Crippen LogP contribution in [0.15, 0.2) is 4.42 Å². The van der Waals surface area contributed by atoms with Crippen LogP contribution in [0.3, 0.4) is 0 Å². The van der Waals surface area contributed by atoms with Crippen molar-refractivity contribution in [3.8, 4) is 0 Å². The van der Waals surface area contributed by atoms with E-state index >= 15 is 0 Å². The highest BCUT2D eigenvalue weighted by molar-refractivity contribution is 5.93. The van der Waals surface area contributed by atoms with Gasteiger partial charge in [-0.25, -0.2) is 0 Å². The molecule has 2 N–H and O–H groups in total. The predicted molar refractivity (Wildman–Crippen MR) is 69.7 cm³/mol. The van der Waals surface area contributed by atoms with Crippen molar-refractivity contribution >= 4 is 11.9 Å². The first kappa shape index (κ1) is 12.6. The van der Waals surface area contributed by atoms with E-state index < -0.39 is 0 Å². The zero-order valence-electron chi connectivity index (χ0n) is 11.2. The number of amides is 1. The topological polar surface area (TPSA) is 80.1 Å². The first-order chi connectivity index (χ1) is 9.23. The smallest absolute Gasteiger partial charge is 0.322 e. The van der Waals surface area contributed by atoms with Crippen LogP contribution in [-0.2, 0) is 4.79 Å². The quantitative estimate of drug-likeness (QED) is 0.864. The van der Waals surface area contributed by atoms with Crippen LogP contribution in [0, 0.1) is 5.41 Å². The minimum absolute atomic E-state index is 0.0162. The Labute approximate surface area is 112 Å². The Bertz CT molecular complexity index is 461. The van der Waals surface area contributed by atoms with Gasteiger partial charge in [-0.15, -0.1) is 5.10 Å². The number of nitrogens with zero attached hydrogens (tertiary/aromatic N) is 2. The normalized spacial score (nSPS) is 22.2. The second kappa shape index (κ2) is 4.92. The predicted octanol–water partition coefficient (Wildman–Crippen LogP) is 1.67. The number of rotatable bonds is 4. The van der Waals surface area contributed by atoms with Gasteiger partial charge in [0, 0.05) is 5.92 Å². The molecule has 0 atom stereocenters. The SMILES string of the molecule is CCC1(C(=O)Nc2nnc(C3CC3)o2)CCNCC1. The van der Waals surface area contributed by atoms with Crippen molar-refractivity contribution in [2.24, 2.45) is 5.41 Å². The van der Waals surface area contributed by atoms with Gasteiger partial charge >= 0.3 is 6.01 Å². The summed E-state index contributed by atoms with van der Waals surface area (Å²) in [6, 6.07) is 0.248. The Kier molecular flexibility index (Phi) is 3.26. The Balaban J connectivity index is 1.68. The zero-order valence-corrected chi connectivity index (χ0v) is 11.2. The van der Waals surface area contributed by atoms with Gasteiger partial charge in [-0.1, -0.05) is 12.0 Å². The standard InChI is InChI=1S/C13H20N4O2/c1-2-13(5-7-14-8-6-13)11(18)15-12-17-16-10(19-12)9-3-4-9/h9,14H,2-8H2,1H3,(H,15,17,18). The van der Waals surface area contributed by atoms with Crippen LogP contribution in [0.5, 0.6) is 0 Å². The van der Waals surface area contributed by atoms with E-state index in [1.807, 2.05) is 0 Å². The molecule has 1 amide bonds. The number of carbonyl (C=O) groups is 1. The molecular formula is C13H20N4O2. The third-order valence-corrected chi connectivity index (χ3v) is 4.31. The van der Waals surface area contributed by atoms with Crippen molar-refractivity contribution in [1.29, 1.82) is 0 Å². The molecule has 2 aliphatic rings. The third kappa shape index (κ3) is 2.49. The fourth-order valence-corrected chi connectivity index (χ4v) is 2.66. The van der Waals surface area contributed by atoms with Crippen LogP contribution in [0.4, 0.5) is 6.01 Å². The molecule has 0 unspecified atom stereocenters. The summed E-state index contributed by atoms with van der Waals surface area (Å²) >= 11 is 0. The fraction of sp³-hybridized carbons (Fsp3) is 0.769. The minimum atomic E-state index is -0.292. The Morgan fingerprint density at radius 3 is 2.79 bits per heavy atom. The molecule has 0 spiro atoms. The van der Waals surface area contributed by atoms with Crippen molar-refractivity contribution < 1.29 is 9.21 Å².